The van der Waals surface area contributed by atoms with E-state index in [2.05, 4.69) is 10.6 Å². The number of carbonyl (C=O) groups is 1. The van der Waals surface area contributed by atoms with E-state index in [-0.39, 0.29) is 12.6 Å². The summed E-state index contributed by atoms with van der Waals surface area (Å²) in [5.41, 5.74) is 1.62. The molecule has 1 rings (SSSR count). The molecule has 1 atom stereocenters. The Morgan fingerprint density at radius 1 is 1.35 bits per heavy atom. The first-order chi connectivity index (χ1) is 9.52. The molecule has 0 saturated carbocycles. The van der Waals surface area contributed by atoms with E-state index in [4.69, 9.17) is 4.74 Å². The van der Waals surface area contributed by atoms with Crippen LogP contribution in [0.3, 0.4) is 0 Å². The van der Waals surface area contributed by atoms with Crippen molar-refractivity contribution in [2.45, 2.75) is 33.0 Å². The lowest BCUT2D eigenvalue weighted by atomic mass is 10.1. The Labute approximate surface area is 120 Å². The summed E-state index contributed by atoms with van der Waals surface area (Å²) in [6, 6.07) is 7.13. The summed E-state index contributed by atoms with van der Waals surface area (Å²) in [5.74, 6) is 0.400. The Balaban J connectivity index is 2.46. The third-order valence-electron chi connectivity index (χ3n) is 2.81. The van der Waals surface area contributed by atoms with Crippen LogP contribution in [0.5, 0.6) is 0 Å². The van der Waals surface area contributed by atoms with Gasteiger partial charge in [0.15, 0.2) is 0 Å². The highest BCUT2D eigenvalue weighted by molar-refractivity contribution is 5.90. The van der Waals surface area contributed by atoms with E-state index in [1.807, 2.05) is 38.1 Å². The number of hydrogen-bond donors (Lipinski definition) is 3. The van der Waals surface area contributed by atoms with Crippen molar-refractivity contribution in [2.75, 3.05) is 19.0 Å². The van der Waals surface area contributed by atoms with Crippen LogP contribution in [0.1, 0.15) is 25.8 Å². The van der Waals surface area contributed by atoms with E-state index in [9.17, 15) is 9.90 Å². The zero-order valence-corrected chi connectivity index (χ0v) is 12.3. The summed E-state index contributed by atoms with van der Waals surface area (Å²) < 4.78 is 5.08. The highest BCUT2D eigenvalue weighted by atomic mass is 16.5. The van der Waals surface area contributed by atoms with Crippen molar-refractivity contribution in [3.05, 3.63) is 29.8 Å². The Hall–Kier alpha value is -1.59. The van der Waals surface area contributed by atoms with Crippen molar-refractivity contribution in [3.8, 4) is 0 Å². The predicted octanol–water partition coefficient (Wildman–Crippen LogP) is 2.36. The topological polar surface area (TPSA) is 70.6 Å². The third kappa shape index (κ3) is 6.04. The number of methoxy groups -OCH3 is 1. The molecule has 3 N–H and O–H groups in total. The lowest BCUT2D eigenvalue weighted by molar-refractivity contribution is 0.148. The van der Waals surface area contributed by atoms with Gasteiger partial charge in [0.2, 0.25) is 0 Å². The molecule has 0 aromatic heterocycles. The molecule has 0 aliphatic carbocycles. The number of carbonyl (C=O) groups excluding carboxylic acids is 1. The van der Waals surface area contributed by atoms with Crippen LogP contribution in [0, 0.1) is 5.92 Å². The highest BCUT2D eigenvalue weighted by Crippen LogP contribution is 2.15. The predicted molar refractivity (Wildman–Crippen MR) is 79.6 cm³/mol. The molecule has 0 aliphatic rings. The number of aliphatic hydroxyl groups is 1. The number of nitrogens with one attached hydrogen (secondary N) is 2. The van der Waals surface area contributed by atoms with Crippen LogP contribution >= 0.6 is 0 Å². The van der Waals surface area contributed by atoms with E-state index in [0.717, 1.165) is 5.56 Å². The van der Waals surface area contributed by atoms with Gasteiger partial charge < -0.3 is 20.5 Å². The van der Waals surface area contributed by atoms with E-state index in [1.165, 1.54) is 0 Å². The van der Waals surface area contributed by atoms with Gasteiger partial charge in [-0.1, -0.05) is 32.0 Å². The monoisotopic (exact) mass is 280 g/mol. The minimum absolute atomic E-state index is 0.246. The van der Waals surface area contributed by atoms with E-state index in [0.29, 0.717) is 24.6 Å². The Morgan fingerprint density at radius 2 is 2.05 bits per heavy atom. The van der Waals surface area contributed by atoms with Gasteiger partial charge >= 0.3 is 6.03 Å². The molecule has 1 aromatic carbocycles. The Morgan fingerprint density at radius 3 is 2.70 bits per heavy atom. The minimum atomic E-state index is -0.519. The van der Waals surface area contributed by atoms with Gasteiger partial charge in [0.05, 0.1) is 12.7 Å². The molecular weight excluding hydrogens is 256 g/mol. The van der Waals surface area contributed by atoms with Gasteiger partial charge in [-0.15, -0.1) is 0 Å². The van der Waals surface area contributed by atoms with Gasteiger partial charge in [-0.3, -0.25) is 0 Å². The highest BCUT2D eigenvalue weighted by Gasteiger charge is 2.10. The molecule has 20 heavy (non-hydrogen) atoms. The van der Waals surface area contributed by atoms with Crippen LogP contribution in [0.25, 0.3) is 0 Å². The first-order valence-electron chi connectivity index (χ1n) is 6.82. The molecule has 5 heteroatoms. The summed E-state index contributed by atoms with van der Waals surface area (Å²) >= 11 is 0. The molecule has 0 saturated heterocycles. The van der Waals surface area contributed by atoms with Crippen LogP contribution in [0.2, 0.25) is 0 Å². The van der Waals surface area contributed by atoms with Crippen LogP contribution in [0.15, 0.2) is 24.3 Å². The summed E-state index contributed by atoms with van der Waals surface area (Å²) in [6.45, 7) is 4.75. The van der Waals surface area contributed by atoms with Crippen molar-refractivity contribution in [1.29, 1.82) is 0 Å². The lowest BCUT2D eigenvalue weighted by Crippen LogP contribution is -2.36. The fourth-order valence-corrected chi connectivity index (χ4v) is 1.93. The zero-order chi connectivity index (χ0) is 15.0. The second kappa shape index (κ2) is 8.55. The van der Waals surface area contributed by atoms with Crippen molar-refractivity contribution in [3.63, 3.8) is 0 Å². The molecule has 0 heterocycles. The van der Waals surface area contributed by atoms with Crippen molar-refractivity contribution >= 4 is 11.7 Å². The number of para-hydroxylation sites is 1. The van der Waals surface area contributed by atoms with Crippen LogP contribution < -0.4 is 10.6 Å². The maximum Gasteiger partial charge on any atom is 0.319 e. The first kappa shape index (κ1) is 16.5. The fraction of sp³-hybridized carbons (Fsp3) is 0.533. The molecular formula is C15H24N2O3. The number of anilines is 1. The van der Waals surface area contributed by atoms with Gasteiger partial charge in [0, 0.05) is 24.9 Å². The number of amides is 2. The van der Waals surface area contributed by atoms with Gasteiger partial charge in [0.1, 0.15) is 0 Å². The number of urea groups is 1. The normalized spacial score (nSPS) is 12.2. The molecule has 5 nitrogen and oxygen atoms in total. The van der Waals surface area contributed by atoms with E-state index in [1.54, 1.807) is 7.11 Å². The number of ether oxygens (including phenoxy) is 1. The Kier molecular flexibility index (Phi) is 7.04. The zero-order valence-electron chi connectivity index (χ0n) is 12.3. The van der Waals surface area contributed by atoms with Gasteiger partial charge in [-0.25, -0.2) is 4.79 Å². The maximum atomic E-state index is 11.8. The largest absolute Gasteiger partial charge is 0.391 e. The third-order valence-corrected chi connectivity index (χ3v) is 2.81. The summed E-state index contributed by atoms with van der Waals surface area (Å²) in [4.78, 5) is 11.8. The smallest absolute Gasteiger partial charge is 0.319 e. The molecule has 0 fully saturated rings. The summed E-state index contributed by atoms with van der Waals surface area (Å²) in [6.07, 6.45) is 0.149. The number of benzene rings is 1. The molecule has 1 unspecified atom stereocenters. The number of rotatable bonds is 7. The van der Waals surface area contributed by atoms with E-state index < -0.39 is 6.10 Å². The van der Waals surface area contributed by atoms with Crippen molar-refractivity contribution in [1.82, 2.24) is 5.32 Å². The summed E-state index contributed by atoms with van der Waals surface area (Å²) in [7, 11) is 1.61. The number of aliphatic hydroxyl groups excluding tert-OH is 1. The maximum absolute atomic E-state index is 11.8. The van der Waals surface area contributed by atoms with Crippen molar-refractivity contribution < 1.29 is 14.6 Å². The van der Waals surface area contributed by atoms with Gasteiger partial charge in [-0.05, 0) is 18.4 Å². The average molecular weight is 280 g/mol. The molecule has 0 radical (unpaired) electrons. The van der Waals surface area contributed by atoms with Crippen molar-refractivity contribution in [2.24, 2.45) is 5.92 Å². The number of hydrogen-bond acceptors (Lipinski definition) is 3. The lowest BCUT2D eigenvalue weighted by Gasteiger charge is -2.15. The molecule has 112 valence electrons. The van der Waals surface area contributed by atoms with Crippen LogP contribution in [-0.2, 0) is 11.3 Å². The van der Waals surface area contributed by atoms with Crippen LogP contribution in [-0.4, -0.2) is 30.9 Å². The molecule has 0 aliphatic heterocycles. The molecule has 0 bridgehead atoms. The summed E-state index contributed by atoms with van der Waals surface area (Å²) in [5, 5.41) is 15.1. The van der Waals surface area contributed by atoms with Gasteiger partial charge in [-0.2, -0.15) is 0 Å². The van der Waals surface area contributed by atoms with Gasteiger partial charge in [0.25, 0.3) is 0 Å². The fourth-order valence-electron chi connectivity index (χ4n) is 1.93. The minimum Gasteiger partial charge on any atom is -0.391 e. The van der Waals surface area contributed by atoms with Crippen LogP contribution in [0.4, 0.5) is 10.5 Å². The molecule has 1 aromatic rings. The van der Waals surface area contributed by atoms with E-state index >= 15 is 0 Å². The second-order valence-electron chi connectivity index (χ2n) is 5.21. The SMILES string of the molecule is COCc1ccccc1NC(=O)NCC(O)CC(C)C. The quantitative estimate of drug-likeness (QED) is 0.718. The molecule has 0 spiro atoms. The first-order valence-corrected chi connectivity index (χ1v) is 6.82. The standard InChI is InChI=1S/C15H24N2O3/c1-11(2)8-13(18)9-16-15(19)17-14-7-5-4-6-12(14)10-20-3/h4-7,11,13,18H,8-10H2,1-3H3,(H2,16,17,19). The Bertz CT molecular complexity index is 421. The molecule has 2 amide bonds. The average Bonchev–Trinajstić information content (AvgIpc) is 2.38. The second-order valence-corrected chi connectivity index (χ2v) is 5.21.